The van der Waals surface area contributed by atoms with E-state index in [1.54, 1.807) is 24.3 Å². The van der Waals surface area contributed by atoms with E-state index in [1.807, 2.05) is 40.0 Å². The first kappa shape index (κ1) is 24.7. The van der Waals surface area contributed by atoms with Gasteiger partial charge < -0.3 is 14.8 Å². The summed E-state index contributed by atoms with van der Waals surface area (Å²) in [5.74, 6) is -0.562. The highest BCUT2D eigenvalue weighted by molar-refractivity contribution is 5.89. The van der Waals surface area contributed by atoms with Crippen LogP contribution in [0.1, 0.15) is 74.0 Å². The Kier molecular flexibility index (Phi) is 8.12. The fourth-order valence-electron chi connectivity index (χ4n) is 3.52. The van der Waals surface area contributed by atoms with Crippen molar-refractivity contribution < 1.29 is 27.4 Å². The van der Waals surface area contributed by atoms with Gasteiger partial charge in [-0.05, 0) is 69.6 Å². The Morgan fingerprint density at radius 2 is 1.52 bits per heavy atom. The van der Waals surface area contributed by atoms with Crippen LogP contribution in [0, 0.1) is 0 Å². The number of carbonyl (C=O) groups is 1. The summed E-state index contributed by atoms with van der Waals surface area (Å²) in [5, 5.41) is 3.28. The first-order chi connectivity index (χ1) is 14.4. The third kappa shape index (κ3) is 7.58. The molecule has 0 aromatic heterocycles. The summed E-state index contributed by atoms with van der Waals surface area (Å²) in [6.07, 6.45) is -2.94. The average molecular weight is 438 g/mol. The summed E-state index contributed by atoms with van der Waals surface area (Å²) < 4.78 is 46.7. The van der Waals surface area contributed by atoms with Crippen LogP contribution in [0.5, 0.6) is 5.75 Å². The lowest BCUT2D eigenvalue weighted by Crippen LogP contribution is -2.25. The normalized spacial score (nSPS) is 14.1. The maximum absolute atomic E-state index is 12.4. The molecule has 170 valence electrons. The number of alkyl halides is 3. The number of benzene rings is 2. The Balaban J connectivity index is 2.25. The van der Waals surface area contributed by atoms with E-state index in [0.29, 0.717) is 5.56 Å². The molecule has 31 heavy (non-hydrogen) atoms. The van der Waals surface area contributed by atoms with E-state index in [4.69, 9.17) is 4.74 Å². The highest BCUT2D eigenvalue weighted by atomic mass is 19.4. The Morgan fingerprint density at radius 3 is 1.97 bits per heavy atom. The molecule has 0 aliphatic carbocycles. The largest absolute Gasteiger partial charge is 0.573 e. The maximum atomic E-state index is 12.4. The number of halogens is 3. The first-order valence-electron chi connectivity index (χ1n) is 10.3. The zero-order chi connectivity index (χ0) is 23.2. The quantitative estimate of drug-likeness (QED) is 0.487. The molecule has 2 rings (SSSR count). The van der Waals surface area contributed by atoms with Gasteiger partial charge in [-0.1, -0.05) is 37.6 Å². The molecule has 0 aliphatic heterocycles. The molecule has 0 amide bonds. The SMILES string of the molecule is CCCC(c1ccc(C(=O)OC(C)(C)C)cc1)C(NC)c1ccc(OC(F)(F)F)cc1. The molecule has 2 aromatic carbocycles. The van der Waals surface area contributed by atoms with Crippen LogP contribution in [-0.2, 0) is 4.74 Å². The van der Waals surface area contributed by atoms with Gasteiger partial charge >= 0.3 is 12.3 Å². The van der Waals surface area contributed by atoms with Crippen molar-refractivity contribution in [2.24, 2.45) is 0 Å². The maximum Gasteiger partial charge on any atom is 0.573 e. The van der Waals surface area contributed by atoms with Crippen LogP contribution in [0.15, 0.2) is 48.5 Å². The minimum atomic E-state index is -4.72. The molecule has 0 spiro atoms. The fourth-order valence-corrected chi connectivity index (χ4v) is 3.52. The van der Waals surface area contributed by atoms with Gasteiger partial charge in [0.2, 0.25) is 0 Å². The van der Waals surface area contributed by atoms with E-state index in [1.165, 1.54) is 12.1 Å². The molecule has 4 nitrogen and oxygen atoms in total. The van der Waals surface area contributed by atoms with Crippen molar-refractivity contribution in [1.29, 1.82) is 0 Å². The molecule has 0 aliphatic rings. The van der Waals surface area contributed by atoms with Crippen molar-refractivity contribution in [2.45, 2.75) is 64.5 Å². The number of likely N-dealkylation sites (N-methyl/N-ethyl adjacent to an activating group) is 1. The smallest absolute Gasteiger partial charge is 0.456 e. The van der Waals surface area contributed by atoms with Gasteiger partial charge in [-0.2, -0.15) is 0 Å². The summed E-state index contributed by atoms with van der Waals surface area (Å²) in [7, 11) is 1.82. The van der Waals surface area contributed by atoms with Crippen molar-refractivity contribution in [2.75, 3.05) is 7.05 Å². The molecule has 0 bridgehead atoms. The number of carbonyl (C=O) groups excluding carboxylic acids is 1. The monoisotopic (exact) mass is 437 g/mol. The Morgan fingerprint density at radius 1 is 0.968 bits per heavy atom. The van der Waals surface area contributed by atoms with Gasteiger partial charge in [-0.15, -0.1) is 13.2 Å². The topological polar surface area (TPSA) is 47.6 Å². The van der Waals surface area contributed by atoms with Crippen LogP contribution in [0.4, 0.5) is 13.2 Å². The Labute approximate surface area is 181 Å². The van der Waals surface area contributed by atoms with Crippen LogP contribution in [0.25, 0.3) is 0 Å². The van der Waals surface area contributed by atoms with Crippen LogP contribution in [0.2, 0.25) is 0 Å². The molecule has 0 heterocycles. The summed E-state index contributed by atoms with van der Waals surface area (Å²) in [4.78, 5) is 12.3. The fraction of sp³-hybridized carbons (Fsp3) is 0.458. The predicted octanol–water partition coefficient (Wildman–Crippen LogP) is 6.38. The van der Waals surface area contributed by atoms with Gasteiger partial charge in [0.25, 0.3) is 0 Å². The molecule has 0 fully saturated rings. The predicted molar refractivity (Wildman–Crippen MR) is 114 cm³/mol. The molecule has 0 saturated heterocycles. The second kappa shape index (κ2) is 10.2. The molecule has 2 atom stereocenters. The van der Waals surface area contributed by atoms with Crippen LogP contribution in [0.3, 0.4) is 0 Å². The van der Waals surface area contributed by atoms with Gasteiger partial charge in [0.15, 0.2) is 0 Å². The lowest BCUT2D eigenvalue weighted by molar-refractivity contribution is -0.274. The van der Waals surface area contributed by atoms with Crippen molar-refractivity contribution in [3.05, 3.63) is 65.2 Å². The van der Waals surface area contributed by atoms with Crippen LogP contribution < -0.4 is 10.1 Å². The van der Waals surface area contributed by atoms with Crippen molar-refractivity contribution in [3.8, 4) is 5.75 Å². The van der Waals surface area contributed by atoms with Gasteiger partial charge in [0, 0.05) is 12.0 Å². The number of rotatable bonds is 8. The van der Waals surface area contributed by atoms with Gasteiger partial charge in [-0.25, -0.2) is 4.79 Å². The van der Waals surface area contributed by atoms with Crippen LogP contribution in [-0.4, -0.2) is 25.0 Å². The zero-order valence-electron chi connectivity index (χ0n) is 18.5. The number of esters is 1. The molecule has 0 saturated carbocycles. The standard InChI is InChI=1S/C24H30F3NO3/c1-6-7-20(16-8-10-18(11-9-16)22(29)31-23(2,3)4)21(28-5)17-12-14-19(15-13-17)30-24(25,26)27/h8-15,20-21,28H,6-7H2,1-5H3. The molecule has 0 radical (unpaired) electrons. The van der Waals surface area contributed by atoms with Crippen molar-refractivity contribution in [1.82, 2.24) is 5.32 Å². The second-order valence-corrected chi connectivity index (χ2v) is 8.40. The lowest BCUT2D eigenvalue weighted by atomic mass is 9.83. The summed E-state index contributed by atoms with van der Waals surface area (Å²) in [6.45, 7) is 7.53. The second-order valence-electron chi connectivity index (χ2n) is 8.40. The number of ether oxygens (including phenoxy) is 2. The van der Waals surface area contributed by atoms with Crippen LogP contribution >= 0.6 is 0 Å². The van der Waals surface area contributed by atoms with E-state index in [2.05, 4.69) is 17.0 Å². The van der Waals surface area contributed by atoms with Gasteiger partial charge in [0.1, 0.15) is 11.4 Å². The van der Waals surface area contributed by atoms with Gasteiger partial charge in [-0.3, -0.25) is 0 Å². The summed E-state index contributed by atoms with van der Waals surface area (Å²) in [6, 6.07) is 13.1. The number of hydrogen-bond acceptors (Lipinski definition) is 4. The highest BCUT2D eigenvalue weighted by Gasteiger charge is 2.31. The molecule has 1 N–H and O–H groups in total. The van der Waals surface area contributed by atoms with E-state index < -0.39 is 12.0 Å². The molecule has 2 aromatic rings. The zero-order valence-corrected chi connectivity index (χ0v) is 18.5. The third-order valence-corrected chi connectivity index (χ3v) is 4.76. The Hall–Kier alpha value is -2.54. The molecular formula is C24H30F3NO3. The lowest BCUT2D eigenvalue weighted by Gasteiger charge is -2.28. The van der Waals surface area contributed by atoms with E-state index >= 15 is 0 Å². The van der Waals surface area contributed by atoms with E-state index in [-0.39, 0.29) is 23.7 Å². The minimum absolute atomic E-state index is 0.0667. The first-order valence-corrected chi connectivity index (χ1v) is 10.3. The molecule has 7 heteroatoms. The van der Waals surface area contributed by atoms with Crippen molar-refractivity contribution >= 4 is 5.97 Å². The molecule has 2 unspecified atom stereocenters. The Bertz CT molecular complexity index is 840. The highest BCUT2D eigenvalue weighted by Crippen LogP contribution is 2.36. The van der Waals surface area contributed by atoms with E-state index in [9.17, 15) is 18.0 Å². The van der Waals surface area contributed by atoms with E-state index in [0.717, 1.165) is 24.0 Å². The summed E-state index contributed by atoms with van der Waals surface area (Å²) in [5.41, 5.74) is 1.79. The number of hydrogen-bond donors (Lipinski definition) is 1. The number of nitrogens with one attached hydrogen (secondary N) is 1. The third-order valence-electron chi connectivity index (χ3n) is 4.76. The average Bonchev–Trinajstić information content (AvgIpc) is 2.67. The van der Waals surface area contributed by atoms with Gasteiger partial charge in [0.05, 0.1) is 5.56 Å². The summed E-state index contributed by atoms with van der Waals surface area (Å²) >= 11 is 0. The molecular weight excluding hydrogens is 407 g/mol. The minimum Gasteiger partial charge on any atom is -0.456 e. The van der Waals surface area contributed by atoms with Crippen molar-refractivity contribution in [3.63, 3.8) is 0 Å².